The van der Waals surface area contributed by atoms with Gasteiger partial charge in [0.25, 0.3) is 5.69 Å². The van der Waals surface area contributed by atoms with Gasteiger partial charge in [0.05, 0.1) is 16.7 Å². The summed E-state index contributed by atoms with van der Waals surface area (Å²) in [4.78, 5) is 13.2. The summed E-state index contributed by atoms with van der Waals surface area (Å²) in [6, 6.07) is 21.6. The van der Waals surface area contributed by atoms with Gasteiger partial charge in [0, 0.05) is 38.8 Å². The van der Waals surface area contributed by atoms with Crippen molar-refractivity contribution in [2.75, 3.05) is 26.2 Å². The van der Waals surface area contributed by atoms with Gasteiger partial charge in [-0.15, -0.1) is 0 Å². The Morgan fingerprint density at radius 2 is 1.64 bits per heavy atom. The molecule has 0 amide bonds. The zero-order valence-corrected chi connectivity index (χ0v) is 15.6. The normalized spacial score (nSPS) is 15.4. The van der Waals surface area contributed by atoms with Gasteiger partial charge in [-0.05, 0) is 22.4 Å². The van der Waals surface area contributed by atoms with Crippen molar-refractivity contribution in [3.8, 4) is 0 Å². The first-order chi connectivity index (χ1) is 13.7. The van der Waals surface area contributed by atoms with Crippen molar-refractivity contribution in [2.24, 2.45) is 5.10 Å². The second-order valence-corrected chi connectivity index (χ2v) is 6.93. The number of hydrogen-bond acceptors (Lipinski definition) is 5. The van der Waals surface area contributed by atoms with Crippen molar-refractivity contribution < 1.29 is 4.92 Å². The molecule has 0 aromatic heterocycles. The highest BCUT2D eigenvalue weighted by molar-refractivity contribution is 5.86. The Balaban J connectivity index is 1.38. The van der Waals surface area contributed by atoms with Gasteiger partial charge in [0.2, 0.25) is 0 Å². The Kier molecular flexibility index (Phi) is 5.30. The van der Waals surface area contributed by atoms with Gasteiger partial charge >= 0.3 is 0 Å². The van der Waals surface area contributed by atoms with Crippen LogP contribution in [-0.4, -0.2) is 47.2 Å². The number of hydrazone groups is 1. The molecule has 0 aliphatic carbocycles. The number of para-hydroxylation sites is 1. The fraction of sp³-hybridized carbons (Fsp3) is 0.227. The zero-order chi connectivity index (χ0) is 19.3. The van der Waals surface area contributed by atoms with E-state index in [1.54, 1.807) is 24.4 Å². The zero-order valence-electron chi connectivity index (χ0n) is 15.6. The van der Waals surface area contributed by atoms with Crippen LogP contribution in [0.4, 0.5) is 5.69 Å². The fourth-order valence-electron chi connectivity index (χ4n) is 3.59. The summed E-state index contributed by atoms with van der Waals surface area (Å²) < 4.78 is 0. The predicted molar refractivity (Wildman–Crippen MR) is 111 cm³/mol. The number of nitrogens with zero attached hydrogens (tertiary/aromatic N) is 4. The molecule has 142 valence electrons. The molecule has 1 aliphatic heterocycles. The SMILES string of the molecule is O=[N+]([O-])c1ccccc1/C=N\N1CCN(Cc2cccc3ccccc23)CC1. The van der Waals surface area contributed by atoms with Gasteiger partial charge in [-0.3, -0.25) is 20.0 Å². The maximum atomic E-state index is 11.1. The molecule has 0 spiro atoms. The van der Waals surface area contributed by atoms with E-state index >= 15 is 0 Å². The molecule has 0 N–H and O–H groups in total. The van der Waals surface area contributed by atoms with E-state index in [4.69, 9.17) is 0 Å². The third-order valence-corrected chi connectivity index (χ3v) is 5.12. The van der Waals surface area contributed by atoms with Crippen molar-refractivity contribution in [2.45, 2.75) is 6.54 Å². The fourth-order valence-corrected chi connectivity index (χ4v) is 3.59. The van der Waals surface area contributed by atoms with E-state index in [0.717, 1.165) is 32.7 Å². The minimum absolute atomic E-state index is 0.0841. The van der Waals surface area contributed by atoms with Crippen molar-refractivity contribution in [1.82, 2.24) is 9.91 Å². The van der Waals surface area contributed by atoms with Crippen LogP contribution in [0.2, 0.25) is 0 Å². The molecule has 4 rings (SSSR count). The van der Waals surface area contributed by atoms with Crippen molar-refractivity contribution >= 4 is 22.7 Å². The lowest BCUT2D eigenvalue weighted by molar-refractivity contribution is -0.385. The van der Waals surface area contributed by atoms with E-state index in [2.05, 4.69) is 52.5 Å². The largest absolute Gasteiger partial charge is 0.295 e. The van der Waals surface area contributed by atoms with E-state index in [9.17, 15) is 10.1 Å². The number of benzene rings is 3. The van der Waals surface area contributed by atoms with Crippen LogP contribution in [-0.2, 0) is 6.54 Å². The van der Waals surface area contributed by atoms with Crippen LogP contribution in [0, 0.1) is 10.1 Å². The van der Waals surface area contributed by atoms with Crippen LogP contribution in [0.3, 0.4) is 0 Å². The smallest absolute Gasteiger partial charge is 0.278 e. The van der Waals surface area contributed by atoms with Gasteiger partial charge in [0.1, 0.15) is 0 Å². The maximum absolute atomic E-state index is 11.1. The molecule has 1 heterocycles. The Morgan fingerprint density at radius 3 is 2.46 bits per heavy atom. The molecule has 1 aliphatic rings. The topological polar surface area (TPSA) is 62.0 Å². The third kappa shape index (κ3) is 4.02. The molecule has 1 saturated heterocycles. The maximum Gasteiger partial charge on any atom is 0.278 e. The highest BCUT2D eigenvalue weighted by Crippen LogP contribution is 2.21. The molecular formula is C22H22N4O2. The first-order valence-corrected chi connectivity index (χ1v) is 9.42. The first kappa shape index (κ1) is 18.1. The van der Waals surface area contributed by atoms with Gasteiger partial charge in [0.15, 0.2) is 0 Å². The summed E-state index contributed by atoms with van der Waals surface area (Å²) >= 11 is 0. The minimum Gasteiger partial charge on any atom is -0.295 e. The van der Waals surface area contributed by atoms with Gasteiger partial charge < -0.3 is 0 Å². The quantitative estimate of drug-likeness (QED) is 0.386. The van der Waals surface area contributed by atoms with E-state index in [1.165, 1.54) is 22.4 Å². The van der Waals surface area contributed by atoms with E-state index in [1.807, 2.05) is 5.01 Å². The van der Waals surface area contributed by atoms with Crippen LogP contribution in [0.1, 0.15) is 11.1 Å². The first-order valence-electron chi connectivity index (χ1n) is 9.42. The molecule has 3 aromatic carbocycles. The molecule has 1 fully saturated rings. The molecule has 0 bridgehead atoms. The van der Waals surface area contributed by atoms with Gasteiger partial charge in [-0.1, -0.05) is 54.6 Å². The number of nitro groups is 1. The lowest BCUT2D eigenvalue weighted by atomic mass is 10.0. The van der Waals surface area contributed by atoms with Crippen molar-refractivity contribution in [3.05, 3.63) is 88.0 Å². The molecule has 0 saturated carbocycles. The summed E-state index contributed by atoms with van der Waals surface area (Å²) in [5, 5.41) is 20.1. The number of piperazine rings is 1. The second kappa shape index (κ2) is 8.19. The summed E-state index contributed by atoms with van der Waals surface area (Å²) in [6.45, 7) is 4.36. The standard InChI is InChI=1S/C22H22N4O2/c27-26(28)22-11-4-2-7-19(22)16-23-25-14-12-24(13-15-25)17-20-9-5-8-18-6-1-3-10-21(18)20/h1-11,16H,12-15,17H2/b23-16-. The average Bonchev–Trinajstić information content (AvgIpc) is 2.74. The molecule has 6 heteroatoms. The second-order valence-electron chi connectivity index (χ2n) is 6.93. The lowest BCUT2D eigenvalue weighted by Gasteiger charge is -2.33. The molecule has 0 radical (unpaired) electrons. The predicted octanol–water partition coefficient (Wildman–Crippen LogP) is 3.90. The van der Waals surface area contributed by atoms with E-state index < -0.39 is 0 Å². The average molecular weight is 374 g/mol. The van der Waals surface area contributed by atoms with Crippen LogP contribution < -0.4 is 0 Å². The highest BCUT2D eigenvalue weighted by Gasteiger charge is 2.17. The number of fused-ring (bicyclic) bond motifs is 1. The van der Waals surface area contributed by atoms with Crippen LogP contribution in [0.5, 0.6) is 0 Å². The Morgan fingerprint density at radius 1 is 0.929 bits per heavy atom. The number of hydrogen-bond donors (Lipinski definition) is 0. The molecule has 6 nitrogen and oxygen atoms in total. The van der Waals surface area contributed by atoms with Crippen LogP contribution in [0.15, 0.2) is 71.8 Å². The van der Waals surface area contributed by atoms with Crippen LogP contribution in [0.25, 0.3) is 10.8 Å². The van der Waals surface area contributed by atoms with E-state index in [0.29, 0.717) is 5.56 Å². The summed E-state index contributed by atoms with van der Waals surface area (Å²) in [6.07, 6.45) is 1.60. The number of rotatable bonds is 5. The van der Waals surface area contributed by atoms with Gasteiger partial charge in [-0.2, -0.15) is 5.10 Å². The van der Waals surface area contributed by atoms with Gasteiger partial charge in [-0.25, -0.2) is 0 Å². The molecule has 0 atom stereocenters. The molecule has 3 aromatic rings. The summed E-state index contributed by atoms with van der Waals surface area (Å²) in [5.41, 5.74) is 1.96. The highest BCUT2D eigenvalue weighted by atomic mass is 16.6. The number of nitro benzene ring substituents is 1. The summed E-state index contributed by atoms with van der Waals surface area (Å²) in [7, 11) is 0. The Hall–Kier alpha value is -3.25. The van der Waals surface area contributed by atoms with E-state index in [-0.39, 0.29) is 10.6 Å². The Labute approximate surface area is 163 Å². The lowest BCUT2D eigenvalue weighted by Crippen LogP contribution is -2.43. The van der Waals surface area contributed by atoms with Crippen molar-refractivity contribution in [3.63, 3.8) is 0 Å². The minimum atomic E-state index is -0.372. The third-order valence-electron chi connectivity index (χ3n) is 5.12. The monoisotopic (exact) mass is 374 g/mol. The molecule has 28 heavy (non-hydrogen) atoms. The Bertz CT molecular complexity index is 1000. The summed E-state index contributed by atoms with van der Waals surface area (Å²) in [5.74, 6) is 0. The van der Waals surface area contributed by atoms with Crippen LogP contribution >= 0.6 is 0 Å². The molecular weight excluding hydrogens is 352 g/mol. The van der Waals surface area contributed by atoms with Crippen molar-refractivity contribution in [1.29, 1.82) is 0 Å². The molecule has 0 unspecified atom stereocenters.